The zero-order valence-corrected chi connectivity index (χ0v) is 10.1. The summed E-state index contributed by atoms with van der Waals surface area (Å²) in [6, 6.07) is 7.44. The topological polar surface area (TPSA) is 58.6 Å². The molecule has 0 bridgehead atoms. The molecular formula is C13H16N2O3. The predicted octanol–water partition coefficient (Wildman–Crippen LogP) is 1.01. The van der Waals surface area contributed by atoms with E-state index in [2.05, 4.69) is 4.90 Å². The number of aliphatic hydroxyl groups excluding tert-OH is 1. The van der Waals surface area contributed by atoms with Crippen molar-refractivity contribution < 1.29 is 9.52 Å². The maximum atomic E-state index is 11.8. The summed E-state index contributed by atoms with van der Waals surface area (Å²) >= 11 is 0. The smallest absolute Gasteiger partial charge is 0.408 e. The molecule has 1 saturated heterocycles. The second kappa shape index (κ2) is 4.59. The second-order valence-corrected chi connectivity index (χ2v) is 4.75. The lowest BCUT2D eigenvalue weighted by Crippen LogP contribution is -2.38. The average Bonchev–Trinajstić information content (AvgIpc) is 2.69. The highest BCUT2D eigenvalue weighted by Gasteiger charge is 2.19. The van der Waals surface area contributed by atoms with Crippen molar-refractivity contribution in [2.24, 2.45) is 0 Å². The number of likely N-dealkylation sites (tertiary alicyclic amines) is 1. The van der Waals surface area contributed by atoms with Crippen molar-refractivity contribution in [3.8, 4) is 0 Å². The molecule has 5 nitrogen and oxygen atoms in total. The van der Waals surface area contributed by atoms with Gasteiger partial charge in [-0.3, -0.25) is 9.47 Å². The van der Waals surface area contributed by atoms with Gasteiger partial charge in [0.15, 0.2) is 5.58 Å². The zero-order chi connectivity index (χ0) is 12.5. The summed E-state index contributed by atoms with van der Waals surface area (Å²) in [6.45, 7) is 2.16. The number of aliphatic hydroxyl groups is 1. The molecule has 18 heavy (non-hydrogen) atoms. The first-order valence-corrected chi connectivity index (χ1v) is 6.23. The van der Waals surface area contributed by atoms with Crippen LogP contribution in [0.2, 0.25) is 0 Å². The van der Waals surface area contributed by atoms with E-state index in [0.29, 0.717) is 12.3 Å². The Morgan fingerprint density at radius 1 is 1.28 bits per heavy atom. The molecule has 5 heteroatoms. The first-order chi connectivity index (χ1) is 8.74. The number of piperidine rings is 1. The average molecular weight is 248 g/mol. The van der Waals surface area contributed by atoms with Gasteiger partial charge in [0.25, 0.3) is 0 Å². The number of hydrogen-bond acceptors (Lipinski definition) is 4. The minimum atomic E-state index is -0.317. The standard InChI is InChI=1S/C13H16N2O3/c16-10-5-7-14(8-6-10)9-15-11-3-1-2-4-12(11)18-13(15)17/h1-4,10,16H,5-9H2. The van der Waals surface area contributed by atoms with E-state index < -0.39 is 0 Å². The number of para-hydroxylation sites is 2. The molecule has 0 unspecified atom stereocenters. The lowest BCUT2D eigenvalue weighted by Gasteiger charge is -2.29. The predicted molar refractivity (Wildman–Crippen MR) is 67.3 cm³/mol. The summed E-state index contributed by atoms with van der Waals surface area (Å²) in [5.74, 6) is -0.317. The molecule has 1 aromatic carbocycles. The van der Waals surface area contributed by atoms with Gasteiger partial charge in [-0.25, -0.2) is 4.79 Å². The molecule has 1 aliphatic heterocycles. The third kappa shape index (κ3) is 2.07. The quantitative estimate of drug-likeness (QED) is 0.861. The molecule has 96 valence electrons. The number of oxazole rings is 1. The van der Waals surface area contributed by atoms with E-state index in [0.717, 1.165) is 31.4 Å². The Bertz CT molecular complexity index is 594. The Hall–Kier alpha value is -1.59. The molecule has 0 amide bonds. The molecule has 0 radical (unpaired) electrons. The lowest BCUT2D eigenvalue weighted by atomic mass is 10.1. The highest BCUT2D eigenvalue weighted by molar-refractivity contribution is 5.72. The second-order valence-electron chi connectivity index (χ2n) is 4.75. The van der Waals surface area contributed by atoms with Crippen molar-refractivity contribution >= 4 is 11.1 Å². The molecule has 0 aliphatic carbocycles. The molecule has 1 N–H and O–H groups in total. The number of benzene rings is 1. The summed E-state index contributed by atoms with van der Waals surface area (Å²) in [4.78, 5) is 14.0. The van der Waals surface area contributed by atoms with E-state index in [1.54, 1.807) is 10.6 Å². The van der Waals surface area contributed by atoms with E-state index in [1.165, 1.54) is 0 Å². The van der Waals surface area contributed by atoms with Crippen LogP contribution in [0.15, 0.2) is 33.5 Å². The minimum absolute atomic E-state index is 0.195. The minimum Gasteiger partial charge on any atom is -0.408 e. The van der Waals surface area contributed by atoms with E-state index in [-0.39, 0.29) is 11.9 Å². The third-order valence-corrected chi connectivity index (χ3v) is 3.47. The molecule has 2 heterocycles. The van der Waals surface area contributed by atoms with Crippen molar-refractivity contribution in [1.82, 2.24) is 9.47 Å². The Kier molecular flexibility index (Phi) is 2.93. The molecule has 0 atom stereocenters. The number of aromatic nitrogens is 1. The first-order valence-electron chi connectivity index (χ1n) is 6.23. The summed E-state index contributed by atoms with van der Waals surface area (Å²) in [5, 5.41) is 9.47. The summed E-state index contributed by atoms with van der Waals surface area (Å²) in [5.41, 5.74) is 1.45. The normalized spacial score (nSPS) is 18.5. The molecule has 1 fully saturated rings. The van der Waals surface area contributed by atoms with Crippen LogP contribution in [-0.4, -0.2) is 33.8 Å². The molecule has 1 aliphatic rings. The van der Waals surface area contributed by atoms with E-state index in [9.17, 15) is 9.90 Å². The van der Waals surface area contributed by atoms with Crippen LogP contribution in [0.5, 0.6) is 0 Å². The van der Waals surface area contributed by atoms with E-state index in [4.69, 9.17) is 4.42 Å². The van der Waals surface area contributed by atoms with Gasteiger partial charge in [0.2, 0.25) is 0 Å². The van der Waals surface area contributed by atoms with Crippen molar-refractivity contribution in [2.45, 2.75) is 25.6 Å². The van der Waals surface area contributed by atoms with Crippen LogP contribution in [0.3, 0.4) is 0 Å². The molecule has 3 rings (SSSR count). The lowest BCUT2D eigenvalue weighted by molar-refractivity contribution is 0.0674. The highest BCUT2D eigenvalue weighted by Crippen LogP contribution is 2.15. The molecule has 0 saturated carbocycles. The first kappa shape index (κ1) is 11.5. The number of hydrogen-bond donors (Lipinski definition) is 1. The Morgan fingerprint density at radius 2 is 2.00 bits per heavy atom. The molecule has 2 aromatic rings. The van der Waals surface area contributed by atoms with Gasteiger partial charge in [-0.2, -0.15) is 0 Å². The van der Waals surface area contributed by atoms with Gasteiger partial charge in [0, 0.05) is 13.1 Å². The van der Waals surface area contributed by atoms with Gasteiger partial charge in [-0.05, 0) is 25.0 Å². The summed E-state index contributed by atoms with van der Waals surface area (Å²) < 4.78 is 6.84. The monoisotopic (exact) mass is 248 g/mol. The Morgan fingerprint density at radius 3 is 2.78 bits per heavy atom. The molecular weight excluding hydrogens is 232 g/mol. The van der Waals surface area contributed by atoms with Crippen LogP contribution >= 0.6 is 0 Å². The fourth-order valence-corrected chi connectivity index (χ4v) is 2.41. The molecule has 0 spiro atoms. The van der Waals surface area contributed by atoms with Crippen LogP contribution in [0.25, 0.3) is 11.1 Å². The van der Waals surface area contributed by atoms with Gasteiger partial charge < -0.3 is 9.52 Å². The van der Waals surface area contributed by atoms with Crippen LogP contribution < -0.4 is 5.76 Å². The van der Waals surface area contributed by atoms with E-state index in [1.807, 2.05) is 18.2 Å². The number of rotatable bonds is 2. The van der Waals surface area contributed by atoms with Gasteiger partial charge in [0.05, 0.1) is 18.3 Å². The Balaban J connectivity index is 1.86. The Labute approximate surface area is 104 Å². The third-order valence-electron chi connectivity index (χ3n) is 3.47. The van der Waals surface area contributed by atoms with Crippen LogP contribution in [0.1, 0.15) is 12.8 Å². The van der Waals surface area contributed by atoms with Gasteiger partial charge in [0.1, 0.15) is 0 Å². The van der Waals surface area contributed by atoms with Crippen LogP contribution in [0, 0.1) is 0 Å². The maximum absolute atomic E-state index is 11.8. The van der Waals surface area contributed by atoms with Gasteiger partial charge in [-0.15, -0.1) is 0 Å². The zero-order valence-electron chi connectivity index (χ0n) is 10.1. The fourth-order valence-electron chi connectivity index (χ4n) is 2.41. The summed E-state index contributed by atoms with van der Waals surface area (Å²) in [7, 11) is 0. The van der Waals surface area contributed by atoms with Crippen molar-refractivity contribution in [3.05, 3.63) is 34.8 Å². The maximum Gasteiger partial charge on any atom is 0.421 e. The highest BCUT2D eigenvalue weighted by atomic mass is 16.4. The van der Waals surface area contributed by atoms with Gasteiger partial charge >= 0.3 is 5.76 Å². The van der Waals surface area contributed by atoms with Gasteiger partial charge in [-0.1, -0.05) is 12.1 Å². The van der Waals surface area contributed by atoms with E-state index >= 15 is 0 Å². The molecule has 1 aromatic heterocycles. The fraction of sp³-hybridized carbons (Fsp3) is 0.462. The van der Waals surface area contributed by atoms with Crippen molar-refractivity contribution in [1.29, 1.82) is 0 Å². The van der Waals surface area contributed by atoms with Crippen molar-refractivity contribution in [3.63, 3.8) is 0 Å². The SMILES string of the molecule is O=c1oc2ccccc2n1CN1CCC(O)CC1. The van der Waals surface area contributed by atoms with Crippen LogP contribution in [0.4, 0.5) is 0 Å². The van der Waals surface area contributed by atoms with Crippen molar-refractivity contribution in [2.75, 3.05) is 13.1 Å². The summed E-state index contributed by atoms with van der Waals surface area (Å²) in [6.07, 6.45) is 1.34. The number of fused-ring (bicyclic) bond motifs is 1. The number of nitrogens with zero attached hydrogens (tertiary/aromatic N) is 2. The van der Waals surface area contributed by atoms with Crippen LogP contribution in [-0.2, 0) is 6.67 Å². The largest absolute Gasteiger partial charge is 0.421 e.